The Morgan fingerprint density at radius 1 is 0.526 bits per heavy atom. The molecule has 0 atom stereocenters. The Hall–Kier alpha value is -3.02. The van der Waals surface area contributed by atoms with Gasteiger partial charge >= 0.3 is 0 Å². The van der Waals surface area contributed by atoms with Gasteiger partial charge in [-0.05, 0) is 74.2 Å². The second-order valence-corrected chi connectivity index (χ2v) is 9.79. The zero-order valence-electron chi connectivity index (χ0n) is 23.6. The van der Waals surface area contributed by atoms with E-state index in [2.05, 4.69) is 24.5 Å². The highest BCUT2D eigenvalue weighted by Crippen LogP contribution is 2.14. The minimum Gasteiger partial charge on any atom is -0.494 e. The van der Waals surface area contributed by atoms with Crippen LogP contribution in [0.25, 0.3) is 0 Å². The van der Waals surface area contributed by atoms with E-state index in [0.29, 0.717) is 24.2 Å². The molecule has 6 heteroatoms. The van der Waals surface area contributed by atoms with Crippen molar-refractivity contribution in [2.45, 2.75) is 90.9 Å². The molecule has 0 heterocycles. The van der Waals surface area contributed by atoms with Gasteiger partial charge in [-0.25, -0.2) is 0 Å². The summed E-state index contributed by atoms with van der Waals surface area (Å²) >= 11 is 0. The molecular weight excluding hydrogens is 476 g/mol. The lowest BCUT2D eigenvalue weighted by Gasteiger charge is -2.09. The van der Waals surface area contributed by atoms with Gasteiger partial charge in [0, 0.05) is 24.2 Å². The first-order valence-corrected chi connectivity index (χ1v) is 14.7. The van der Waals surface area contributed by atoms with Gasteiger partial charge in [-0.2, -0.15) is 0 Å². The molecule has 0 saturated carbocycles. The Kier molecular flexibility index (Phi) is 16.4. The van der Waals surface area contributed by atoms with E-state index < -0.39 is 0 Å². The average Bonchev–Trinajstić information content (AvgIpc) is 2.94. The molecule has 2 N–H and O–H groups in total. The minimum atomic E-state index is -0.0559. The lowest BCUT2D eigenvalue weighted by atomic mass is 10.1. The highest BCUT2D eigenvalue weighted by molar-refractivity contribution is 5.94. The van der Waals surface area contributed by atoms with Crippen LogP contribution in [0.2, 0.25) is 0 Å². The standard InChI is InChI=1S/C32H48N2O4/c1-3-5-7-13-25-37-29-19-15-27(16-20-29)31(35)33-23-11-9-10-12-24-34-32(36)28-17-21-30(22-18-28)38-26-14-8-6-4-2/h15-22H,3-14,23-26H2,1-2H3,(H,33,35)(H,34,36). The number of carbonyl (C=O) groups excluding carboxylic acids is 2. The Labute approximate surface area is 229 Å². The molecule has 0 bridgehead atoms. The summed E-state index contributed by atoms with van der Waals surface area (Å²) < 4.78 is 11.5. The second-order valence-electron chi connectivity index (χ2n) is 9.79. The van der Waals surface area contributed by atoms with Crippen molar-refractivity contribution in [2.24, 2.45) is 0 Å². The maximum Gasteiger partial charge on any atom is 0.251 e. The van der Waals surface area contributed by atoms with Crippen LogP contribution in [-0.2, 0) is 0 Å². The van der Waals surface area contributed by atoms with Gasteiger partial charge in [-0.15, -0.1) is 0 Å². The summed E-state index contributed by atoms with van der Waals surface area (Å²) in [4.78, 5) is 24.7. The SMILES string of the molecule is CCCCCCOc1ccc(C(=O)NCCCCCCNC(=O)c2ccc(OCCCCCC)cc2)cc1. The monoisotopic (exact) mass is 524 g/mol. The molecule has 0 fully saturated rings. The predicted octanol–water partition coefficient (Wildman–Crippen LogP) is 7.33. The van der Waals surface area contributed by atoms with Crippen molar-refractivity contribution >= 4 is 11.8 Å². The third-order valence-corrected chi connectivity index (χ3v) is 6.44. The number of hydrogen-bond donors (Lipinski definition) is 2. The number of ether oxygens (including phenoxy) is 2. The lowest BCUT2D eigenvalue weighted by molar-refractivity contribution is 0.0943. The number of benzene rings is 2. The molecule has 0 saturated heterocycles. The van der Waals surface area contributed by atoms with E-state index in [1.54, 1.807) is 0 Å². The third kappa shape index (κ3) is 13.5. The Morgan fingerprint density at radius 3 is 1.26 bits per heavy atom. The smallest absolute Gasteiger partial charge is 0.251 e. The highest BCUT2D eigenvalue weighted by Gasteiger charge is 2.07. The molecule has 0 aliphatic rings. The fourth-order valence-corrected chi connectivity index (χ4v) is 4.05. The maximum atomic E-state index is 12.3. The van der Waals surface area contributed by atoms with Gasteiger partial charge in [0.15, 0.2) is 0 Å². The highest BCUT2D eigenvalue weighted by atomic mass is 16.5. The molecule has 0 aliphatic heterocycles. The van der Waals surface area contributed by atoms with Gasteiger partial charge in [-0.3, -0.25) is 9.59 Å². The molecule has 6 nitrogen and oxygen atoms in total. The average molecular weight is 525 g/mol. The number of carbonyl (C=O) groups is 2. The fraction of sp³-hybridized carbons (Fsp3) is 0.562. The quantitative estimate of drug-likeness (QED) is 0.168. The maximum absolute atomic E-state index is 12.3. The number of rotatable bonds is 21. The Bertz CT molecular complexity index is 821. The van der Waals surface area contributed by atoms with Crippen LogP contribution in [0.4, 0.5) is 0 Å². The van der Waals surface area contributed by atoms with Crippen molar-refractivity contribution in [2.75, 3.05) is 26.3 Å². The molecule has 2 aromatic carbocycles. The van der Waals surface area contributed by atoms with Crippen molar-refractivity contribution in [3.63, 3.8) is 0 Å². The molecular formula is C32H48N2O4. The van der Waals surface area contributed by atoms with E-state index in [0.717, 1.165) is 63.2 Å². The molecule has 0 spiro atoms. The van der Waals surface area contributed by atoms with Gasteiger partial charge in [0.05, 0.1) is 13.2 Å². The number of amides is 2. The first-order chi connectivity index (χ1) is 18.6. The lowest BCUT2D eigenvalue weighted by Crippen LogP contribution is -2.25. The van der Waals surface area contributed by atoms with Crippen LogP contribution in [0.3, 0.4) is 0 Å². The van der Waals surface area contributed by atoms with Crippen molar-refractivity contribution < 1.29 is 19.1 Å². The van der Waals surface area contributed by atoms with Crippen LogP contribution in [0.15, 0.2) is 48.5 Å². The van der Waals surface area contributed by atoms with E-state index in [9.17, 15) is 9.59 Å². The summed E-state index contributed by atoms with van der Waals surface area (Å²) in [5.74, 6) is 1.51. The van der Waals surface area contributed by atoms with Crippen molar-refractivity contribution in [3.05, 3.63) is 59.7 Å². The van der Waals surface area contributed by atoms with Crippen molar-refractivity contribution in [1.82, 2.24) is 10.6 Å². The molecule has 0 radical (unpaired) electrons. The van der Waals surface area contributed by atoms with Gasteiger partial charge < -0.3 is 20.1 Å². The normalized spacial score (nSPS) is 10.7. The van der Waals surface area contributed by atoms with E-state index in [1.807, 2.05) is 48.5 Å². The zero-order valence-corrected chi connectivity index (χ0v) is 23.6. The molecule has 38 heavy (non-hydrogen) atoms. The van der Waals surface area contributed by atoms with E-state index in [-0.39, 0.29) is 11.8 Å². The fourth-order valence-electron chi connectivity index (χ4n) is 4.05. The Morgan fingerprint density at radius 2 is 0.895 bits per heavy atom. The van der Waals surface area contributed by atoms with Crippen LogP contribution in [0.1, 0.15) is 112 Å². The summed E-state index contributed by atoms with van der Waals surface area (Å²) in [7, 11) is 0. The zero-order chi connectivity index (χ0) is 27.3. The molecule has 2 rings (SSSR count). The number of nitrogens with one attached hydrogen (secondary N) is 2. The van der Waals surface area contributed by atoms with Crippen LogP contribution in [0, 0.1) is 0 Å². The van der Waals surface area contributed by atoms with E-state index >= 15 is 0 Å². The van der Waals surface area contributed by atoms with Crippen LogP contribution in [0.5, 0.6) is 11.5 Å². The van der Waals surface area contributed by atoms with Gasteiger partial charge in [0.1, 0.15) is 11.5 Å². The summed E-state index contributed by atoms with van der Waals surface area (Å²) in [6, 6.07) is 14.7. The topological polar surface area (TPSA) is 76.7 Å². The van der Waals surface area contributed by atoms with Crippen LogP contribution >= 0.6 is 0 Å². The third-order valence-electron chi connectivity index (χ3n) is 6.44. The largest absolute Gasteiger partial charge is 0.494 e. The molecule has 0 aromatic heterocycles. The van der Waals surface area contributed by atoms with E-state index in [4.69, 9.17) is 9.47 Å². The summed E-state index contributed by atoms with van der Waals surface area (Å²) in [6.45, 7) is 7.12. The van der Waals surface area contributed by atoms with Crippen molar-refractivity contribution in [1.29, 1.82) is 0 Å². The molecule has 210 valence electrons. The Balaban J connectivity index is 1.49. The molecule has 2 amide bonds. The van der Waals surface area contributed by atoms with Gasteiger partial charge in [0.2, 0.25) is 0 Å². The molecule has 2 aromatic rings. The summed E-state index contributed by atoms with van der Waals surface area (Å²) in [5.41, 5.74) is 1.30. The predicted molar refractivity (Wildman–Crippen MR) is 155 cm³/mol. The number of hydrogen-bond acceptors (Lipinski definition) is 4. The summed E-state index contributed by atoms with van der Waals surface area (Å²) in [5, 5.41) is 5.96. The second kappa shape index (κ2) is 20.0. The van der Waals surface area contributed by atoms with Gasteiger partial charge in [0.25, 0.3) is 11.8 Å². The van der Waals surface area contributed by atoms with E-state index in [1.165, 1.54) is 38.5 Å². The number of unbranched alkanes of at least 4 members (excludes halogenated alkanes) is 9. The van der Waals surface area contributed by atoms with Gasteiger partial charge in [-0.1, -0.05) is 65.2 Å². The summed E-state index contributed by atoms with van der Waals surface area (Å²) in [6.07, 6.45) is 13.3. The van der Waals surface area contributed by atoms with Crippen LogP contribution in [-0.4, -0.2) is 38.1 Å². The first-order valence-electron chi connectivity index (χ1n) is 14.7. The van der Waals surface area contributed by atoms with Crippen molar-refractivity contribution in [3.8, 4) is 11.5 Å². The van der Waals surface area contributed by atoms with Crippen LogP contribution < -0.4 is 20.1 Å². The first kappa shape index (κ1) is 31.2. The molecule has 0 aliphatic carbocycles. The minimum absolute atomic E-state index is 0.0559. The molecule has 0 unspecified atom stereocenters.